The summed E-state index contributed by atoms with van der Waals surface area (Å²) in [6.45, 7) is 6.77. The van der Waals surface area contributed by atoms with Crippen molar-refractivity contribution < 1.29 is 0 Å². The molecule has 0 heterocycles. The smallest absolute Gasteiger partial charge is 0.0404 e. The minimum absolute atomic E-state index is 0.636. The molecule has 0 N–H and O–H groups in total. The second kappa shape index (κ2) is 7.05. The molecule has 0 fully saturated rings. The molecule has 0 aliphatic heterocycles. The summed E-state index contributed by atoms with van der Waals surface area (Å²) in [5.41, 5.74) is 0. The molecule has 0 aliphatic carbocycles. The summed E-state index contributed by atoms with van der Waals surface area (Å²) in [7, 11) is 0. The molecule has 0 radical (unpaired) electrons. The highest BCUT2D eigenvalue weighted by Gasteiger charge is 2.04. The zero-order valence-electron chi connectivity index (χ0n) is 7.51. The standard InChI is InChI=1S/C9H17ClS/c1-8(2)9(3)11-7-5-4-6-10/h4-5,8-9H,6-7H2,1-3H3/b5-4+. The van der Waals surface area contributed by atoms with Crippen LogP contribution in [0, 0.1) is 5.92 Å². The van der Waals surface area contributed by atoms with E-state index in [4.69, 9.17) is 11.6 Å². The first-order chi connectivity index (χ1) is 5.18. The Bertz CT molecular complexity index is 110. The van der Waals surface area contributed by atoms with Crippen molar-refractivity contribution in [2.75, 3.05) is 11.6 Å². The van der Waals surface area contributed by atoms with Gasteiger partial charge in [0.2, 0.25) is 0 Å². The summed E-state index contributed by atoms with van der Waals surface area (Å²) in [5, 5.41) is 0.745. The molecule has 2 heteroatoms. The van der Waals surface area contributed by atoms with Gasteiger partial charge < -0.3 is 0 Å². The molecule has 0 saturated heterocycles. The van der Waals surface area contributed by atoms with Gasteiger partial charge in [-0.05, 0) is 5.92 Å². The predicted octanol–water partition coefficient (Wildman–Crippen LogP) is 3.56. The maximum atomic E-state index is 5.48. The summed E-state index contributed by atoms with van der Waals surface area (Å²) in [6, 6.07) is 0. The zero-order chi connectivity index (χ0) is 8.69. The summed E-state index contributed by atoms with van der Waals surface area (Å²) in [6.07, 6.45) is 4.14. The Morgan fingerprint density at radius 2 is 1.91 bits per heavy atom. The number of thioether (sulfide) groups is 1. The Balaban J connectivity index is 3.31. The topological polar surface area (TPSA) is 0 Å². The maximum Gasteiger partial charge on any atom is 0.0404 e. The number of alkyl halides is 1. The minimum atomic E-state index is 0.636. The second-order valence-corrected chi connectivity index (χ2v) is 4.63. The van der Waals surface area contributed by atoms with Gasteiger partial charge in [0.05, 0.1) is 0 Å². The van der Waals surface area contributed by atoms with E-state index in [0.29, 0.717) is 5.88 Å². The fourth-order valence-corrected chi connectivity index (χ4v) is 1.59. The van der Waals surface area contributed by atoms with Crippen molar-refractivity contribution in [3.8, 4) is 0 Å². The summed E-state index contributed by atoms with van der Waals surface area (Å²) in [5.74, 6) is 2.49. The molecule has 0 spiro atoms. The van der Waals surface area contributed by atoms with Crippen LogP contribution < -0.4 is 0 Å². The fraction of sp³-hybridized carbons (Fsp3) is 0.778. The third-order valence-corrected chi connectivity index (χ3v) is 3.28. The molecule has 1 unspecified atom stereocenters. The van der Waals surface area contributed by atoms with Gasteiger partial charge in [0.15, 0.2) is 0 Å². The highest BCUT2D eigenvalue weighted by Crippen LogP contribution is 2.18. The van der Waals surface area contributed by atoms with Gasteiger partial charge in [-0.3, -0.25) is 0 Å². The summed E-state index contributed by atoms with van der Waals surface area (Å²) < 4.78 is 0. The SMILES string of the molecule is CC(C)C(C)SC/C=C/CCl. The van der Waals surface area contributed by atoms with Crippen LogP contribution in [0.3, 0.4) is 0 Å². The van der Waals surface area contributed by atoms with E-state index >= 15 is 0 Å². The third kappa shape index (κ3) is 6.77. The first kappa shape index (κ1) is 11.4. The summed E-state index contributed by atoms with van der Waals surface area (Å²) in [4.78, 5) is 0. The molecule has 0 amide bonds. The first-order valence-electron chi connectivity index (χ1n) is 4.01. The number of allylic oxidation sites excluding steroid dienone is 1. The molecule has 0 bridgehead atoms. The predicted molar refractivity (Wildman–Crippen MR) is 56.6 cm³/mol. The molecule has 66 valence electrons. The van der Waals surface area contributed by atoms with Gasteiger partial charge in [-0.15, -0.1) is 11.6 Å². The van der Waals surface area contributed by atoms with Gasteiger partial charge in [-0.2, -0.15) is 11.8 Å². The van der Waals surface area contributed by atoms with E-state index in [1.807, 2.05) is 17.8 Å². The van der Waals surface area contributed by atoms with Gasteiger partial charge >= 0.3 is 0 Å². The molecular formula is C9H17ClS. The Morgan fingerprint density at radius 3 is 2.36 bits per heavy atom. The second-order valence-electron chi connectivity index (χ2n) is 2.91. The van der Waals surface area contributed by atoms with Crippen LogP contribution in [-0.4, -0.2) is 16.9 Å². The molecular weight excluding hydrogens is 176 g/mol. The van der Waals surface area contributed by atoms with Crippen molar-refractivity contribution in [3.05, 3.63) is 12.2 Å². The molecule has 0 saturated carbocycles. The first-order valence-corrected chi connectivity index (χ1v) is 5.59. The van der Waals surface area contributed by atoms with E-state index in [9.17, 15) is 0 Å². The summed E-state index contributed by atoms with van der Waals surface area (Å²) >= 11 is 7.46. The average Bonchev–Trinajstić information content (AvgIpc) is 1.97. The van der Waals surface area contributed by atoms with Crippen LogP contribution >= 0.6 is 23.4 Å². The number of halogens is 1. The highest BCUT2D eigenvalue weighted by molar-refractivity contribution is 8.00. The van der Waals surface area contributed by atoms with Crippen LogP contribution in [0.15, 0.2) is 12.2 Å². The van der Waals surface area contributed by atoms with Crippen LogP contribution in [0.5, 0.6) is 0 Å². The third-order valence-electron chi connectivity index (χ3n) is 1.65. The van der Waals surface area contributed by atoms with Gasteiger partial charge in [-0.25, -0.2) is 0 Å². The molecule has 0 nitrogen and oxygen atoms in total. The van der Waals surface area contributed by atoms with Crippen LogP contribution in [0.2, 0.25) is 0 Å². The largest absolute Gasteiger partial charge is 0.154 e. The lowest BCUT2D eigenvalue weighted by molar-refractivity contribution is 0.643. The van der Waals surface area contributed by atoms with E-state index in [1.165, 1.54) is 0 Å². The van der Waals surface area contributed by atoms with E-state index in [-0.39, 0.29) is 0 Å². The molecule has 0 aliphatic rings. The number of rotatable bonds is 5. The number of hydrogen-bond donors (Lipinski definition) is 0. The number of hydrogen-bond acceptors (Lipinski definition) is 1. The van der Waals surface area contributed by atoms with Crippen LogP contribution in [0.4, 0.5) is 0 Å². The normalized spacial score (nSPS) is 14.6. The maximum absolute atomic E-state index is 5.48. The van der Waals surface area contributed by atoms with Crippen molar-refractivity contribution in [1.29, 1.82) is 0 Å². The monoisotopic (exact) mass is 192 g/mol. The van der Waals surface area contributed by atoms with Crippen LogP contribution in [0.25, 0.3) is 0 Å². The van der Waals surface area contributed by atoms with Gasteiger partial charge in [-0.1, -0.05) is 32.9 Å². The van der Waals surface area contributed by atoms with Crippen molar-refractivity contribution >= 4 is 23.4 Å². The Hall–Kier alpha value is 0.380. The molecule has 1 atom stereocenters. The molecule has 0 aromatic heterocycles. The lowest BCUT2D eigenvalue weighted by Crippen LogP contribution is -2.05. The van der Waals surface area contributed by atoms with Crippen molar-refractivity contribution in [2.24, 2.45) is 5.92 Å². The zero-order valence-corrected chi connectivity index (χ0v) is 9.08. The van der Waals surface area contributed by atoms with E-state index in [0.717, 1.165) is 16.9 Å². The van der Waals surface area contributed by atoms with Crippen molar-refractivity contribution in [1.82, 2.24) is 0 Å². The minimum Gasteiger partial charge on any atom is -0.154 e. The van der Waals surface area contributed by atoms with Crippen LogP contribution in [-0.2, 0) is 0 Å². The highest BCUT2D eigenvalue weighted by atomic mass is 35.5. The molecule has 0 rings (SSSR count). The van der Waals surface area contributed by atoms with Crippen LogP contribution in [0.1, 0.15) is 20.8 Å². The van der Waals surface area contributed by atoms with Crippen molar-refractivity contribution in [3.63, 3.8) is 0 Å². The quantitative estimate of drug-likeness (QED) is 0.474. The van der Waals surface area contributed by atoms with E-state index < -0.39 is 0 Å². The Labute approximate surface area is 79.4 Å². The van der Waals surface area contributed by atoms with E-state index in [2.05, 4.69) is 26.8 Å². The lowest BCUT2D eigenvalue weighted by atomic mass is 10.2. The van der Waals surface area contributed by atoms with Gasteiger partial charge in [0, 0.05) is 16.9 Å². The molecule has 11 heavy (non-hydrogen) atoms. The lowest BCUT2D eigenvalue weighted by Gasteiger charge is -2.12. The fourth-order valence-electron chi connectivity index (χ4n) is 0.531. The van der Waals surface area contributed by atoms with Gasteiger partial charge in [0.25, 0.3) is 0 Å². The Morgan fingerprint density at radius 1 is 1.27 bits per heavy atom. The molecule has 0 aromatic rings. The average molecular weight is 193 g/mol. The van der Waals surface area contributed by atoms with Crippen molar-refractivity contribution in [2.45, 2.75) is 26.0 Å². The van der Waals surface area contributed by atoms with Gasteiger partial charge in [0.1, 0.15) is 0 Å². The van der Waals surface area contributed by atoms with E-state index in [1.54, 1.807) is 0 Å². The Kier molecular flexibility index (Phi) is 7.30. The molecule has 0 aromatic carbocycles.